The normalized spacial score (nSPS) is 16.4. The molecule has 0 bridgehead atoms. The van der Waals surface area contributed by atoms with E-state index in [1.54, 1.807) is 0 Å². The molecule has 98 valence electrons. The van der Waals surface area contributed by atoms with Gasteiger partial charge in [-0.1, -0.05) is 26.7 Å². The fourth-order valence-electron chi connectivity index (χ4n) is 1.51. The molecule has 0 spiro atoms. The number of hydrogen-bond acceptors (Lipinski definition) is 4. The maximum absolute atomic E-state index is 11.8. The first-order valence-corrected chi connectivity index (χ1v) is 6.52. The van der Waals surface area contributed by atoms with E-state index in [-0.39, 0.29) is 0 Å². The second-order valence-corrected chi connectivity index (χ2v) is 4.56. The molecular formula is C13H22O4. The molecule has 0 unspecified atom stereocenters. The Balaban J connectivity index is 2.34. The Hall–Kier alpha value is -1.06. The lowest BCUT2D eigenvalue weighted by Crippen LogP contribution is -2.30. The molecule has 1 aliphatic rings. The van der Waals surface area contributed by atoms with Crippen molar-refractivity contribution in [2.24, 2.45) is 5.41 Å². The minimum absolute atomic E-state index is 0.396. The van der Waals surface area contributed by atoms with Crippen LogP contribution in [0.1, 0.15) is 52.4 Å². The van der Waals surface area contributed by atoms with Crippen LogP contribution in [0.5, 0.6) is 0 Å². The van der Waals surface area contributed by atoms with E-state index in [1.165, 1.54) is 0 Å². The van der Waals surface area contributed by atoms with E-state index in [9.17, 15) is 9.59 Å². The van der Waals surface area contributed by atoms with E-state index in [2.05, 4.69) is 0 Å². The summed E-state index contributed by atoms with van der Waals surface area (Å²) in [7, 11) is 0. The molecule has 1 fully saturated rings. The van der Waals surface area contributed by atoms with Crippen molar-refractivity contribution in [3.05, 3.63) is 0 Å². The van der Waals surface area contributed by atoms with Crippen LogP contribution >= 0.6 is 0 Å². The Morgan fingerprint density at radius 3 is 1.65 bits per heavy atom. The van der Waals surface area contributed by atoms with Gasteiger partial charge in [-0.2, -0.15) is 0 Å². The van der Waals surface area contributed by atoms with Crippen molar-refractivity contribution in [2.75, 3.05) is 13.2 Å². The summed E-state index contributed by atoms with van der Waals surface area (Å²) in [6.07, 6.45) is 4.77. The van der Waals surface area contributed by atoms with E-state index in [0.717, 1.165) is 25.7 Å². The molecule has 0 N–H and O–H groups in total. The van der Waals surface area contributed by atoms with Crippen molar-refractivity contribution in [2.45, 2.75) is 52.4 Å². The smallest absolute Gasteiger partial charge is 0.323 e. The summed E-state index contributed by atoms with van der Waals surface area (Å²) >= 11 is 0. The molecule has 4 nitrogen and oxygen atoms in total. The topological polar surface area (TPSA) is 52.6 Å². The van der Waals surface area contributed by atoms with Crippen LogP contribution in [0.15, 0.2) is 0 Å². The molecule has 0 aromatic heterocycles. The molecule has 4 heteroatoms. The molecule has 1 rings (SSSR count). The van der Waals surface area contributed by atoms with Crippen LogP contribution in [-0.4, -0.2) is 25.2 Å². The highest BCUT2D eigenvalue weighted by atomic mass is 16.6. The quantitative estimate of drug-likeness (QED) is 0.373. The zero-order valence-corrected chi connectivity index (χ0v) is 10.8. The standard InChI is InChI=1S/C13H22O4/c1-3-5-9-16-11(14)13(7-8-13)12(15)17-10-6-4-2/h3-10H2,1-2H3. The summed E-state index contributed by atoms with van der Waals surface area (Å²) in [6.45, 7) is 4.86. The molecule has 0 saturated heterocycles. The van der Waals surface area contributed by atoms with Crippen LogP contribution in [0.3, 0.4) is 0 Å². The average molecular weight is 242 g/mol. The Morgan fingerprint density at radius 1 is 0.941 bits per heavy atom. The van der Waals surface area contributed by atoms with Crippen LogP contribution in [0.4, 0.5) is 0 Å². The maximum Gasteiger partial charge on any atom is 0.323 e. The summed E-state index contributed by atoms with van der Waals surface area (Å²) in [5, 5.41) is 0. The largest absolute Gasteiger partial charge is 0.465 e. The number of carbonyl (C=O) groups is 2. The first kappa shape index (κ1) is 14.0. The Morgan fingerprint density at radius 2 is 1.35 bits per heavy atom. The highest BCUT2D eigenvalue weighted by Gasteiger charge is 2.59. The number of unbranched alkanes of at least 4 members (excludes halogenated alkanes) is 2. The van der Waals surface area contributed by atoms with Gasteiger partial charge in [0, 0.05) is 0 Å². The Bertz CT molecular complexity index is 245. The summed E-state index contributed by atoms with van der Waals surface area (Å²) in [6, 6.07) is 0. The summed E-state index contributed by atoms with van der Waals surface area (Å²) in [5.74, 6) is -0.792. The SMILES string of the molecule is CCCCOC(=O)C1(C(=O)OCCCC)CC1. The second kappa shape index (κ2) is 6.62. The lowest BCUT2D eigenvalue weighted by molar-refractivity contribution is -0.164. The molecule has 17 heavy (non-hydrogen) atoms. The fourth-order valence-corrected chi connectivity index (χ4v) is 1.51. The third-order valence-electron chi connectivity index (χ3n) is 2.99. The van der Waals surface area contributed by atoms with Gasteiger partial charge in [0.05, 0.1) is 13.2 Å². The number of rotatable bonds is 8. The van der Waals surface area contributed by atoms with Crippen LogP contribution < -0.4 is 0 Å². The zero-order valence-electron chi connectivity index (χ0n) is 10.8. The lowest BCUT2D eigenvalue weighted by atomic mass is 10.1. The minimum Gasteiger partial charge on any atom is -0.465 e. The van der Waals surface area contributed by atoms with Gasteiger partial charge in [-0.15, -0.1) is 0 Å². The number of carbonyl (C=O) groups excluding carboxylic acids is 2. The van der Waals surface area contributed by atoms with E-state index in [0.29, 0.717) is 26.1 Å². The third kappa shape index (κ3) is 3.72. The highest BCUT2D eigenvalue weighted by Crippen LogP contribution is 2.48. The van der Waals surface area contributed by atoms with Crippen LogP contribution in [-0.2, 0) is 19.1 Å². The molecule has 0 heterocycles. The highest BCUT2D eigenvalue weighted by molar-refractivity contribution is 6.03. The minimum atomic E-state index is -0.957. The van der Waals surface area contributed by atoms with Crippen molar-refractivity contribution in [3.63, 3.8) is 0 Å². The average Bonchev–Trinajstić information content (AvgIpc) is 3.10. The molecule has 0 atom stereocenters. The van der Waals surface area contributed by atoms with Crippen LogP contribution in [0, 0.1) is 5.41 Å². The predicted molar refractivity (Wildman–Crippen MR) is 63.4 cm³/mol. The van der Waals surface area contributed by atoms with Gasteiger partial charge in [0.15, 0.2) is 5.41 Å². The first-order chi connectivity index (χ1) is 8.17. The van der Waals surface area contributed by atoms with Gasteiger partial charge in [-0.05, 0) is 25.7 Å². The van der Waals surface area contributed by atoms with E-state index < -0.39 is 17.4 Å². The predicted octanol–water partition coefficient (Wildman–Crippen LogP) is 2.45. The lowest BCUT2D eigenvalue weighted by Gasteiger charge is -2.13. The second-order valence-electron chi connectivity index (χ2n) is 4.56. The number of hydrogen-bond donors (Lipinski definition) is 0. The van der Waals surface area contributed by atoms with Gasteiger partial charge in [0.1, 0.15) is 0 Å². The Labute approximate surface area is 103 Å². The van der Waals surface area contributed by atoms with Crippen molar-refractivity contribution >= 4 is 11.9 Å². The number of esters is 2. The first-order valence-electron chi connectivity index (χ1n) is 6.52. The molecule has 0 aliphatic heterocycles. The van der Waals surface area contributed by atoms with Gasteiger partial charge in [-0.25, -0.2) is 0 Å². The van der Waals surface area contributed by atoms with Gasteiger partial charge in [0.25, 0.3) is 0 Å². The fraction of sp³-hybridized carbons (Fsp3) is 0.846. The van der Waals surface area contributed by atoms with E-state index in [4.69, 9.17) is 9.47 Å². The van der Waals surface area contributed by atoms with Crippen molar-refractivity contribution in [1.82, 2.24) is 0 Å². The summed E-state index contributed by atoms with van der Waals surface area (Å²) in [5.41, 5.74) is -0.957. The van der Waals surface area contributed by atoms with Gasteiger partial charge in [-0.3, -0.25) is 9.59 Å². The molecular weight excluding hydrogens is 220 g/mol. The maximum atomic E-state index is 11.8. The van der Waals surface area contributed by atoms with Crippen molar-refractivity contribution in [3.8, 4) is 0 Å². The van der Waals surface area contributed by atoms with E-state index in [1.807, 2.05) is 13.8 Å². The number of ether oxygens (including phenoxy) is 2. The van der Waals surface area contributed by atoms with Crippen molar-refractivity contribution < 1.29 is 19.1 Å². The molecule has 0 aromatic rings. The third-order valence-corrected chi connectivity index (χ3v) is 2.99. The summed E-state index contributed by atoms with van der Waals surface area (Å²) < 4.78 is 10.2. The zero-order chi connectivity index (χ0) is 12.7. The Kier molecular flexibility index (Phi) is 5.45. The molecule has 0 amide bonds. The molecule has 1 saturated carbocycles. The van der Waals surface area contributed by atoms with Crippen LogP contribution in [0.2, 0.25) is 0 Å². The molecule has 0 radical (unpaired) electrons. The van der Waals surface area contributed by atoms with Gasteiger partial charge in [0.2, 0.25) is 0 Å². The van der Waals surface area contributed by atoms with Gasteiger partial charge < -0.3 is 9.47 Å². The van der Waals surface area contributed by atoms with Gasteiger partial charge >= 0.3 is 11.9 Å². The molecule has 0 aromatic carbocycles. The van der Waals surface area contributed by atoms with Crippen molar-refractivity contribution in [1.29, 1.82) is 0 Å². The monoisotopic (exact) mass is 242 g/mol. The van der Waals surface area contributed by atoms with E-state index >= 15 is 0 Å². The molecule has 1 aliphatic carbocycles. The van der Waals surface area contributed by atoms with Crippen LogP contribution in [0.25, 0.3) is 0 Å². The summed E-state index contributed by atoms with van der Waals surface area (Å²) in [4.78, 5) is 23.5.